The smallest absolute Gasteiger partial charge is 0.234 e. The van der Waals surface area contributed by atoms with Gasteiger partial charge in [-0.15, -0.1) is 0 Å². The molecular weight excluding hydrogens is 432 g/mol. The van der Waals surface area contributed by atoms with Crippen molar-refractivity contribution in [3.05, 3.63) is 41.6 Å². The number of hydrogen-bond acceptors (Lipinski definition) is 9. The SMILES string of the molecule is CC1=NCCCNC(=O)CN2CCN(Cc3cccc(c3)NC(N)=NC/C(C)=C/N1)C(CO)C2. The van der Waals surface area contributed by atoms with E-state index in [1.165, 1.54) is 0 Å². The van der Waals surface area contributed by atoms with Gasteiger partial charge in [0.15, 0.2) is 5.96 Å². The zero-order valence-electron chi connectivity index (χ0n) is 20.3. The van der Waals surface area contributed by atoms with E-state index >= 15 is 0 Å². The highest BCUT2D eigenvalue weighted by Gasteiger charge is 2.27. The minimum Gasteiger partial charge on any atom is -0.395 e. The molecule has 1 saturated heterocycles. The number of amides is 1. The lowest BCUT2D eigenvalue weighted by atomic mass is 10.1. The lowest BCUT2D eigenvalue weighted by Crippen LogP contribution is -2.55. The monoisotopic (exact) mass is 470 g/mol. The van der Waals surface area contributed by atoms with E-state index < -0.39 is 0 Å². The number of nitrogens with zero attached hydrogens (tertiary/aromatic N) is 4. The molecule has 3 aliphatic heterocycles. The van der Waals surface area contributed by atoms with E-state index in [1.54, 1.807) is 0 Å². The van der Waals surface area contributed by atoms with Crippen LogP contribution >= 0.6 is 0 Å². The maximum atomic E-state index is 12.4. The molecule has 0 radical (unpaired) electrons. The molecule has 3 aliphatic rings. The Kier molecular flexibility index (Phi) is 9.87. The average Bonchev–Trinajstić information content (AvgIpc) is 2.82. The molecule has 4 rings (SSSR count). The Morgan fingerprint density at radius 1 is 1.21 bits per heavy atom. The Balaban J connectivity index is 1.74. The molecule has 4 bridgehead atoms. The fraction of sp³-hybridized carbons (Fsp3) is 0.542. The van der Waals surface area contributed by atoms with Gasteiger partial charge in [-0.3, -0.25) is 19.6 Å². The van der Waals surface area contributed by atoms with Crippen LogP contribution in [0.4, 0.5) is 5.69 Å². The van der Waals surface area contributed by atoms with Crippen LogP contribution in [0.25, 0.3) is 0 Å². The standard InChI is InChI=1S/C24H38N8O2/c1-18-12-28-19(2)26-7-4-8-27-23(34)16-31-9-10-32(22(15-31)17-33)14-20-5-3-6-21(11-20)30-24(25)29-13-18/h3,5-6,11-12,22,33H,4,7-10,13-17H2,1-2H3,(H,26,28)(H,27,34)(H3,25,29,30)/b18-12+. The highest BCUT2D eigenvalue weighted by molar-refractivity contribution is 5.92. The van der Waals surface area contributed by atoms with Crippen LogP contribution in [0.15, 0.2) is 46.0 Å². The quantitative estimate of drug-likeness (QED) is 0.400. The van der Waals surface area contributed by atoms with Gasteiger partial charge in [0.05, 0.1) is 25.5 Å². The topological polar surface area (TPSA) is 131 Å². The molecule has 0 spiro atoms. The van der Waals surface area contributed by atoms with E-state index in [0.29, 0.717) is 45.2 Å². The summed E-state index contributed by atoms with van der Waals surface area (Å²) in [4.78, 5) is 25.7. The van der Waals surface area contributed by atoms with Gasteiger partial charge in [-0.1, -0.05) is 12.1 Å². The van der Waals surface area contributed by atoms with Crippen molar-refractivity contribution in [1.82, 2.24) is 20.4 Å². The Bertz CT molecular complexity index is 914. The van der Waals surface area contributed by atoms with Gasteiger partial charge in [-0.05, 0) is 43.5 Å². The number of anilines is 1. The number of hydrogen-bond donors (Lipinski definition) is 5. The van der Waals surface area contributed by atoms with Gasteiger partial charge < -0.3 is 26.8 Å². The summed E-state index contributed by atoms with van der Waals surface area (Å²) in [5.74, 6) is 1.17. The number of piperazine rings is 1. The minimum absolute atomic E-state index is 0.0114. The third-order valence-electron chi connectivity index (χ3n) is 5.88. The van der Waals surface area contributed by atoms with Crippen LogP contribution in [0.1, 0.15) is 25.8 Å². The number of nitrogens with one attached hydrogen (secondary N) is 3. The molecule has 1 amide bonds. The average molecular weight is 471 g/mol. The number of amidine groups is 1. The van der Waals surface area contributed by atoms with E-state index in [-0.39, 0.29) is 18.6 Å². The molecule has 0 saturated carbocycles. The summed E-state index contributed by atoms with van der Waals surface area (Å²) in [5, 5.41) is 19.3. The number of rotatable bonds is 1. The van der Waals surface area contributed by atoms with E-state index in [1.807, 2.05) is 32.2 Å². The van der Waals surface area contributed by atoms with Gasteiger partial charge in [-0.25, -0.2) is 4.99 Å². The summed E-state index contributed by atoms with van der Waals surface area (Å²) >= 11 is 0. The summed E-state index contributed by atoms with van der Waals surface area (Å²) in [6.07, 6.45) is 2.65. The lowest BCUT2D eigenvalue weighted by molar-refractivity contribution is -0.123. The van der Waals surface area contributed by atoms with Crippen LogP contribution in [-0.4, -0.2) is 91.1 Å². The van der Waals surface area contributed by atoms with E-state index in [4.69, 9.17) is 5.73 Å². The van der Waals surface area contributed by atoms with Crippen LogP contribution in [-0.2, 0) is 11.3 Å². The molecule has 0 aromatic heterocycles. The first-order chi connectivity index (χ1) is 16.4. The van der Waals surface area contributed by atoms with Gasteiger partial charge in [0, 0.05) is 57.2 Å². The second kappa shape index (κ2) is 13.1. The zero-order valence-corrected chi connectivity index (χ0v) is 20.3. The van der Waals surface area contributed by atoms with Gasteiger partial charge in [-0.2, -0.15) is 0 Å². The van der Waals surface area contributed by atoms with E-state index in [0.717, 1.165) is 42.2 Å². The van der Waals surface area contributed by atoms with Crippen LogP contribution in [0.3, 0.4) is 0 Å². The van der Waals surface area contributed by atoms with Gasteiger partial charge >= 0.3 is 0 Å². The maximum absolute atomic E-state index is 12.4. The molecule has 3 atom stereocenters. The maximum Gasteiger partial charge on any atom is 0.234 e. The molecule has 10 nitrogen and oxygen atoms in total. The summed E-state index contributed by atoms with van der Waals surface area (Å²) in [6, 6.07) is 8.04. The molecule has 1 fully saturated rings. The van der Waals surface area contributed by atoms with Gasteiger partial charge in [0.2, 0.25) is 5.91 Å². The highest BCUT2D eigenvalue weighted by Crippen LogP contribution is 2.17. The highest BCUT2D eigenvalue weighted by atomic mass is 16.3. The predicted octanol–water partition coefficient (Wildman–Crippen LogP) is 0.323. The molecule has 1 aromatic rings. The predicted molar refractivity (Wildman–Crippen MR) is 137 cm³/mol. The van der Waals surface area contributed by atoms with Crippen molar-refractivity contribution in [1.29, 1.82) is 0 Å². The van der Waals surface area contributed by atoms with Crippen LogP contribution in [0, 0.1) is 0 Å². The van der Waals surface area contributed by atoms with Crippen LogP contribution < -0.4 is 21.7 Å². The van der Waals surface area contributed by atoms with Gasteiger partial charge in [0.25, 0.3) is 0 Å². The summed E-state index contributed by atoms with van der Waals surface area (Å²) in [6.45, 7) is 8.90. The number of nitrogens with two attached hydrogens (primary N) is 1. The van der Waals surface area contributed by atoms with Crippen LogP contribution in [0.2, 0.25) is 0 Å². The summed E-state index contributed by atoms with van der Waals surface area (Å²) in [5.41, 5.74) is 9.11. The molecule has 0 aliphatic carbocycles. The Morgan fingerprint density at radius 2 is 2.06 bits per heavy atom. The number of aliphatic hydroxyl groups is 1. The Morgan fingerprint density at radius 3 is 2.88 bits per heavy atom. The second-order valence-electron chi connectivity index (χ2n) is 8.87. The number of carbonyl (C=O) groups is 1. The fourth-order valence-electron chi connectivity index (χ4n) is 3.99. The first-order valence-electron chi connectivity index (χ1n) is 11.9. The van der Waals surface area contributed by atoms with Crippen molar-refractivity contribution in [2.24, 2.45) is 15.7 Å². The molecule has 3 heterocycles. The first-order valence-corrected chi connectivity index (χ1v) is 11.9. The Labute approximate surface area is 202 Å². The summed E-state index contributed by atoms with van der Waals surface area (Å²) < 4.78 is 0. The normalized spacial score (nSPS) is 27.2. The molecule has 3 unspecified atom stereocenters. The number of carbonyl (C=O) groups excluding carboxylic acids is 1. The number of aliphatic hydroxyl groups excluding tert-OH is 1. The van der Waals surface area contributed by atoms with E-state index in [2.05, 4.69) is 47.9 Å². The fourth-order valence-corrected chi connectivity index (χ4v) is 3.99. The van der Waals surface area contributed by atoms with Crippen molar-refractivity contribution in [3.63, 3.8) is 0 Å². The molecule has 1 aromatic carbocycles. The Hall–Kier alpha value is -2.95. The van der Waals surface area contributed by atoms with Crippen molar-refractivity contribution >= 4 is 23.4 Å². The van der Waals surface area contributed by atoms with Crippen molar-refractivity contribution in [2.75, 3.05) is 57.7 Å². The van der Waals surface area contributed by atoms with Gasteiger partial charge in [0.1, 0.15) is 0 Å². The minimum atomic E-state index is -0.0222. The number of guanidine groups is 1. The van der Waals surface area contributed by atoms with E-state index in [9.17, 15) is 9.90 Å². The molecule has 6 N–H and O–H groups in total. The van der Waals surface area contributed by atoms with Crippen LogP contribution in [0.5, 0.6) is 0 Å². The molecule has 186 valence electrons. The molecule has 10 heteroatoms. The number of aliphatic imine (C=N–C) groups is 2. The van der Waals surface area contributed by atoms with Crippen molar-refractivity contribution in [2.45, 2.75) is 32.9 Å². The molecular formula is C24H38N8O2. The van der Waals surface area contributed by atoms with Crippen molar-refractivity contribution in [3.8, 4) is 0 Å². The number of benzene rings is 1. The number of fused-ring (bicyclic) bond motifs is 13. The molecule has 34 heavy (non-hydrogen) atoms. The largest absolute Gasteiger partial charge is 0.395 e. The third kappa shape index (κ3) is 8.44. The second-order valence-corrected chi connectivity index (χ2v) is 8.87. The first kappa shape index (κ1) is 25.7. The third-order valence-corrected chi connectivity index (χ3v) is 5.88. The lowest BCUT2D eigenvalue weighted by Gasteiger charge is -2.40. The zero-order chi connectivity index (χ0) is 24.3. The summed E-state index contributed by atoms with van der Waals surface area (Å²) in [7, 11) is 0. The van der Waals surface area contributed by atoms with Crippen molar-refractivity contribution < 1.29 is 9.90 Å².